The molecule has 0 aliphatic rings. The van der Waals surface area contributed by atoms with Gasteiger partial charge in [-0.1, -0.05) is 30.0 Å². The zero-order valence-electron chi connectivity index (χ0n) is 16.4. The quantitative estimate of drug-likeness (QED) is 0.521. The molecule has 0 saturated heterocycles. The molecule has 0 fully saturated rings. The molecule has 0 aliphatic carbocycles. The van der Waals surface area contributed by atoms with E-state index in [1.165, 1.54) is 11.8 Å². The van der Waals surface area contributed by atoms with Crippen molar-refractivity contribution in [1.82, 2.24) is 9.55 Å². The number of methoxy groups -OCH3 is 1. The molecule has 0 aliphatic heterocycles. The molecule has 7 heteroatoms. The second-order valence-electron chi connectivity index (χ2n) is 6.27. The van der Waals surface area contributed by atoms with Gasteiger partial charge in [0, 0.05) is 30.3 Å². The van der Waals surface area contributed by atoms with Crippen molar-refractivity contribution in [1.29, 1.82) is 5.26 Å². The Bertz CT molecular complexity index is 980. The van der Waals surface area contributed by atoms with Gasteiger partial charge in [0.15, 0.2) is 5.16 Å². The highest BCUT2D eigenvalue weighted by atomic mass is 32.2. The highest BCUT2D eigenvalue weighted by Gasteiger charge is 2.24. The lowest BCUT2D eigenvalue weighted by molar-refractivity contribution is -0.117. The minimum Gasteiger partial charge on any atom is -0.497 e. The van der Waals surface area contributed by atoms with E-state index in [9.17, 15) is 4.79 Å². The Morgan fingerprint density at radius 3 is 2.62 bits per heavy atom. The van der Waals surface area contributed by atoms with Crippen LogP contribution in [0, 0.1) is 11.3 Å². The molecule has 0 bridgehead atoms. The van der Waals surface area contributed by atoms with Gasteiger partial charge in [-0.2, -0.15) is 5.26 Å². The van der Waals surface area contributed by atoms with Crippen molar-refractivity contribution in [3.63, 3.8) is 0 Å². The number of rotatable bonds is 8. The normalized spacial score (nSPS) is 11.5. The number of carbonyl (C=O) groups excluding carboxylic acids is 1. The van der Waals surface area contributed by atoms with Gasteiger partial charge in [-0.05, 0) is 43.3 Å². The summed E-state index contributed by atoms with van der Waals surface area (Å²) in [6, 6.07) is 19.2. The van der Waals surface area contributed by atoms with Crippen LogP contribution in [0.4, 0.5) is 5.69 Å². The molecule has 1 amide bonds. The smallest absolute Gasteiger partial charge is 0.240 e. The van der Waals surface area contributed by atoms with Crippen molar-refractivity contribution < 1.29 is 9.53 Å². The van der Waals surface area contributed by atoms with Gasteiger partial charge < -0.3 is 9.64 Å². The highest BCUT2D eigenvalue weighted by molar-refractivity contribution is 8.00. The number of anilines is 1. The Hall–Kier alpha value is -3.24. The zero-order valence-corrected chi connectivity index (χ0v) is 17.2. The average molecular weight is 407 g/mol. The number of imidazole rings is 1. The van der Waals surface area contributed by atoms with Gasteiger partial charge in [-0.3, -0.25) is 9.36 Å². The molecule has 1 unspecified atom stereocenters. The number of amides is 1. The second-order valence-corrected chi connectivity index (χ2v) is 7.58. The summed E-state index contributed by atoms with van der Waals surface area (Å²) in [7, 11) is 1.63. The Morgan fingerprint density at radius 1 is 1.24 bits per heavy atom. The summed E-state index contributed by atoms with van der Waals surface area (Å²) >= 11 is 1.39. The fourth-order valence-electron chi connectivity index (χ4n) is 2.88. The van der Waals surface area contributed by atoms with E-state index in [4.69, 9.17) is 10.00 Å². The summed E-state index contributed by atoms with van der Waals surface area (Å²) in [5.41, 5.74) is 1.73. The summed E-state index contributed by atoms with van der Waals surface area (Å²) in [5.74, 6) is 0.725. The topological polar surface area (TPSA) is 71.2 Å². The van der Waals surface area contributed by atoms with Crippen molar-refractivity contribution in [2.45, 2.75) is 23.8 Å². The van der Waals surface area contributed by atoms with Crippen LogP contribution in [0.15, 0.2) is 72.1 Å². The largest absolute Gasteiger partial charge is 0.497 e. The third-order valence-electron chi connectivity index (χ3n) is 4.37. The van der Waals surface area contributed by atoms with E-state index in [0.717, 1.165) is 22.3 Å². The minimum atomic E-state index is -0.367. The summed E-state index contributed by atoms with van der Waals surface area (Å²) < 4.78 is 7.15. The van der Waals surface area contributed by atoms with E-state index in [-0.39, 0.29) is 17.6 Å². The molecule has 6 nitrogen and oxygen atoms in total. The van der Waals surface area contributed by atoms with Crippen LogP contribution in [-0.4, -0.2) is 34.4 Å². The lowest BCUT2D eigenvalue weighted by atomic mass is 10.2. The third-order valence-corrected chi connectivity index (χ3v) is 5.44. The molecule has 1 atom stereocenters. The highest BCUT2D eigenvalue weighted by Crippen LogP contribution is 2.28. The maximum atomic E-state index is 13.1. The zero-order chi connectivity index (χ0) is 20.6. The maximum Gasteiger partial charge on any atom is 0.240 e. The average Bonchev–Trinajstić information content (AvgIpc) is 3.22. The lowest BCUT2D eigenvalue weighted by Gasteiger charge is -2.25. The summed E-state index contributed by atoms with van der Waals surface area (Å²) in [6.45, 7) is 2.22. The summed E-state index contributed by atoms with van der Waals surface area (Å²) in [5, 5.41) is 9.33. The van der Waals surface area contributed by atoms with Crippen LogP contribution in [0.2, 0.25) is 0 Å². The van der Waals surface area contributed by atoms with Crippen molar-refractivity contribution in [2.75, 3.05) is 18.6 Å². The SMILES string of the molecule is COc1ccc(-n2ccnc2SC(C)C(=O)N(CCC#N)c2ccccc2)cc1. The van der Waals surface area contributed by atoms with Crippen molar-refractivity contribution in [3.8, 4) is 17.5 Å². The van der Waals surface area contributed by atoms with Gasteiger partial charge in [0.1, 0.15) is 5.75 Å². The Kier molecular flexibility index (Phi) is 6.93. The summed E-state index contributed by atoms with van der Waals surface area (Å²) in [6.07, 6.45) is 3.86. The van der Waals surface area contributed by atoms with Crippen LogP contribution in [0.25, 0.3) is 5.69 Å². The fourth-order valence-corrected chi connectivity index (χ4v) is 3.83. The number of nitrogens with zero attached hydrogens (tertiary/aromatic N) is 4. The molecule has 148 valence electrons. The number of hydrogen-bond donors (Lipinski definition) is 0. The van der Waals surface area contributed by atoms with Crippen LogP contribution < -0.4 is 9.64 Å². The molecule has 0 radical (unpaired) electrons. The fraction of sp³-hybridized carbons (Fsp3) is 0.227. The first-order valence-corrected chi connectivity index (χ1v) is 10.1. The van der Waals surface area contributed by atoms with Gasteiger partial charge >= 0.3 is 0 Å². The Morgan fingerprint density at radius 2 is 1.97 bits per heavy atom. The number of aromatic nitrogens is 2. The summed E-state index contributed by atoms with van der Waals surface area (Å²) in [4.78, 5) is 19.2. The second kappa shape index (κ2) is 9.80. The van der Waals surface area contributed by atoms with E-state index in [1.807, 2.05) is 72.3 Å². The number of carbonyl (C=O) groups is 1. The molecule has 29 heavy (non-hydrogen) atoms. The number of nitriles is 1. The van der Waals surface area contributed by atoms with Crippen LogP contribution in [0.1, 0.15) is 13.3 Å². The number of para-hydroxylation sites is 1. The maximum absolute atomic E-state index is 13.1. The molecule has 3 rings (SSSR count). The molecule has 1 aromatic heterocycles. The van der Waals surface area contributed by atoms with Gasteiger partial charge in [-0.15, -0.1) is 0 Å². The molecule has 0 saturated carbocycles. The predicted molar refractivity (Wildman–Crippen MR) is 114 cm³/mol. The number of benzene rings is 2. The van der Waals surface area contributed by atoms with Crippen LogP contribution in [0.3, 0.4) is 0 Å². The van der Waals surface area contributed by atoms with Crippen molar-refractivity contribution >= 4 is 23.4 Å². The van der Waals surface area contributed by atoms with Gasteiger partial charge in [0.05, 0.1) is 24.8 Å². The van der Waals surface area contributed by atoms with E-state index < -0.39 is 0 Å². The number of thioether (sulfide) groups is 1. The molecule has 1 heterocycles. The van der Waals surface area contributed by atoms with Gasteiger partial charge in [0.2, 0.25) is 5.91 Å². The molecular formula is C22H22N4O2S. The van der Waals surface area contributed by atoms with Crippen LogP contribution in [-0.2, 0) is 4.79 Å². The molecule has 2 aromatic carbocycles. The predicted octanol–water partition coefficient (Wildman–Crippen LogP) is 4.31. The van der Waals surface area contributed by atoms with E-state index in [1.54, 1.807) is 18.2 Å². The van der Waals surface area contributed by atoms with E-state index in [2.05, 4.69) is 11.1 Å². The van der Waals surface area contributed by atoms with E-state index in [0.29, 0.717) is 6.54 Å². The molecule has 0 spiro atoms. The number of ether oxygens (including phenoxy) is 1. The minimum absolute atomic E-state index is 0.0549. The van der Waals surface area contributed by atoms with Gasteiger partial charge in [0.25, 0.3) is 0 Å². The van der Waals surface area contributed by atoms with Crippen LogP contribution >= 0.6 is 11.8 Å². The lowest BCUT2D eigenvalue weighted by Crippen LogP contribution is -2.37. The van der Waals surface area contributed by atoms with Crippen LogP contribution in [0.5, 0.6) is 5.75 Å². The Labute approximate surface area is 174 Å². The van der Waals surface area contributed by atoms with E-state index >= 15 is 0 Å². The molecule has 3 aromatic rings. The first-order chi connectivity index (χ1) is 14.1. The third kappa shape index (κ3) is 4.98. The van der Waals surface area contributed by atoms with Crippen molar-refractivity contribution in [3.05, 3.63) is 67.0 Å². The molecular weight excluding hydrogens is 384 g/mol. The first-order valence-electron chi connectivity index (χ1n) is 9.22. The number of hydrogen-bond acceptors (Lipinski definition) is 5. The standard InChI is InChI=1S/C22H22N4O2S/c1-17(21(27)25(15-6-13-23)18-7-4-3-5-8-18)29-22-24-14-16-26(22)19-9-11-20(28-2)12-10-19/h3-5,7-12,14,16-17H,6,15H2,1-2H3. The first kappa shape index (κ1) is 20.5. The molecule has 0 N–H and O–H groups in total. The Balaban J connectivity index is 1.78. The van der Waals surface area contributed by atoms with Gasteiger partial charge in [-0.25, -0.2) is 4.98 Å². The van der Waals surface area contributed by atoms with Crippen molar-refractivity contribution in [2.24, 2.45) is 0 Å². The monoisotopic (exact) mass is 406 g/mol.